The van der Waals surface area contributed by atoms with E-state index in [0.717, 1.165) is 31.6 Å². The topological polar surface area (TPSA) is 79.0 Å². The Hall–Kier alpha value is -2.41. The number of nitrogens with zero attached hydrogens (tertiary/aromatic N) is 2. The van der Waals surface area contributed by atoms with Gasteiger partial charge in [-0.15, -0.1) is 0 Å². The molecule has 1 N–H and O–H groups in total. The molecule has 1 aromatic rings. The van der Waals surface area contributed by atoms with Crippen LogP contribution in [0.1, 0.15) is 52.9 Å². The molecule has 7 heteroatoms. The van der Waals surface area contributed by atoms with E-state index in [1.165, 1.54) is 0 Å². The standard InChI is InChI=1S/C24H37N3O4/c1-4-23(29)27(20-8-6-5-7-9-20)21-11-15-26(16-12-21)17-13-22(28)25-14-10-24(30)31-18-19(2)3/h5-9,19,21H,4,10-18H2,1-3H3,(H,25,28). The first-order valence-electron chi connectivity index (χ1n) is 11.4. The molecule has 0 atom stereocenters. The van der Waals surface area contributed by atoms with Gasteiger partial charge in [0.1, 0.15) is 0 Å². The van der Waals surface area contributed by atoms with Crippen molar-refractivity contribution in [2.24, 2.45) is 5.92 Å². The van der Waals surface area contributed by atoms with Crippen molar-refractivity contribution in [3.63, 3.8) is 0 Å². The largest absolute Gasteiger partial charge is 0.465 e. The average molecular weight is 432 g/mol. The van der Waals surface area contributed by atoms with E-state index < -0.39 is 0 Å². The Labute approximate surface area is 186 Å². The van der Waals surface area contributed by atoms with Crippen molar-refractivity contribution in [1.29, 1.82) is 0 Å². The third kappa shape index (κ3) is 8.69. The van der Waals surface area contributed by atoms with Crippen molar-refractivity contribution in [3.05, 3.63) is 30.3 Å². The van der Waals surface area contributed by atoms with Crippen molar-refractivity contribution in [2.45, 2.75) is 58.9 Å². The second-order valence-corrected chi connectivity index (χ2v) is 8.45. The number of ether oxygens (including phenoxy) is 1. The van der Waals surface area contributed by atoms with Crippen LogP contribution in [0.2, 0.25) is 0 Å². The summed E-state index contributed by atoms with van der Waals surface area (Å²) in [5.41, 5.74) is 0.957. The predicted octanol–water partition coefficient (Wildman–Crippen LogP) is 2.99. The Kier molecular flexibility index (Phi) is 10.5. The Balaban J connectivity index is 1.69. The number of piperidine rings is 1. The maximum atomic E-state index is 12.6. The van der Waals surface area contributed by atoms with Gasteiger partial charge in [-0.3, -0.25) is 14.4 Å². The van der Waals surface area contributed by atoms with Crippen LogP contribution in [0, 0.1) is 5.92 Å². The lowest BCUT2D eigenvalue weighted by Crippen LogP contribution is -2.48. The smallest absolute Gasteiger partial charge is 0.307 e. The molecule has 1 heterocycles. The number of benzene rings is 1. The van der Waals surface area contributed by atoms with Crippen LogP contribution in [0.15, 0.2) is 30.3 Å². The van der Waals surface area contributed by atoms with Crippen molar-refractivity contribution in [2.75, 3.05) is 37.7 Å². The van der Waals surface area contributed by atoms with Crippen molar-refractivity contribution in [3.8, 4) is 0 Å². The van der Waals surface area contributed by atoms with Gasteiger partial charge in [-0.25, -0.2) is 0 Å². The molecule has 2 amide bonds. The van der Waals surface area contributed by atoms with Gasteiger partial charge in [-0.2, -0.15) is 0 Å². The number of esters is 1. The van der Waals surface area contributed by atoms with Gasteiger partial charge in [0.05, 0.1) is 13.0 Å². The summed E-state index contributed by atoms with van der Waals surface area (Å²) in [7, 11) is 0. The van der Waals surface area contributed by atoms with Crippen LogP contribution in [0.25, 0.3) is 0 Å². The molecule has 2 rings (SSSR count). The van der Waals surface area contributed by atoms with Gasteiger partial charge < -0.3 is 19.9 Å². The van der Waals surface area contributed by atoms with E-state index in [4.69, 9.17) is 4.74 Å². The summed E-state index contributed by atoms with van der Waals surface area (Å²) in [4.78, 5) is 40.4. The zero-order chi connectivity index (χ0) is 22.6. The molecule has 0 aromatic heterocycles. The van der Waals surface area contributed by atoms with Crippen molar-refractivity contribution >= 4 is 23.5 Å². The Morgan fingerprint density at radius 3 is 2.42 bits per heavy atom. The summed E-state index contributed by atoms with van der Waals surface area (Å²) in [5.74, 6) is 0.130. The fourth-order valence-electron chi connectivity index (χ4n) is 3.70. The SMILES string of the molecule is CCC(=O)N(c1ccccc1)C1CCN(CCC(=O)NCCC(=O)OCC(C)C)CC1. The van der Waals surface area contributed by atoms with Crippen molar-refractivity contribution < 1.29 is 19.1 Å². The lowest BCUT2D eigenvalue weighted by atomic mass is 10.0. The number of carbonyl (C=O) groups is 3. The molecule has 0 spiro atoms. The zero-order valence-electron chi connectivity index (χ0n) is 19.1. The van der Waals surface area contributed by atoms with Gasteiger partial charge in [-0.05, 0) is 30.9 Å². The van der Waals surface area contributed by atoms with E-state index in [0.29, 0.717) is 38.5 Å². The number of nitrogens with one attached hydrogen (secondary N) is 1. The van der Waals surface area contributed by atoms with E-state index >= 15 is 0 Å². The number of hydrogen-bond acceptors (Lipinski definition) is 5. The highest BCUT2D eigenvalue weighted by Crippen LogP contribution is 2.24. The van der Waals surface area contributed by atoms with E-state index in [2.05, 4.69) is 10.2 Å². The highest BCUT2D eigenvalue weighted by molar-refractivity contribution is 5.93. The monoisotopic (exact) mass is 431 g/mol. The van der Waals surface area contributed by atoms with Crippen LogP contribution in [-0.4, -0.2) is 61.5 Å². The fraction of sp³-hybridized carbons (Fsp3) is 0.625. The van der Waals surface area contributed by atoms with Gasteiger partial charge in [0.25, 0.3) is 0 Å². The van der Waals surface area contributed by atoms with E-state index in [9.17, 15) is 14.4 Å². The lowest BCUT2D eigenvalue weighted by molar-refractivity contribution is -0.144. The molecular formula is C24H37N3O4. The molecule has 172 valence electrons. The second-order valence-electron chi connectivity index (χ2n) is 8.45. The summed E-state index contributed by atoms with van der Waals surface area (Å²) in [6, 6.07) is 10.1. The number of para-hydroxylation sites is 1. The molecule has 0 bridgehead atoms. The van der Waals surface area contributed by atoms with E-state index in [-0.39, 0.29) is 30.2 Å². The molecule has 0 radical (unpaired) electrons. The fourth-order valence-corrected chi connectivity index (χ4v) is 3.70. The van der Waals surface area contributed by atoms with Crippen molar-refractivity contribution in [1.82, 2.24) is 10.2 Å². The molecule has 1 saturated heterocycles. The van der Waals surface area contributed by atoms with Crippen LogP contribution >= 0.6 is 0 Å². The number of amides is 2. The Morgan fingerprint density at radius 2 is 1.81 bits per heavy atom. The summed E-state index contributed by atoms with van der Waals surface area (Å²) < 4.78 is 5.10. The molecule has 0 saturated carbocycles. The summed E-state index contributed by atoms with van der Waals surface area (Å²) in [6.07, 6.45) is 2.88. The maximum Gasteiger partial charge on any atom is 0.307 e. The first-order valence-corrected chi connectivity index (χ1v) is 11.4. The minimum absolute atomic E-state index is 0.0501. The number of carbonyl (C=O) groups excluding carboxylic acids is 3. The third-order valence-electron chi connectivity index (χ3n) is 5.41. The highest BCUT2D eigenvalue weighted by Gasteiger charge is 2.28. The van der Waals surface area contributed by atoms with Gasteiger partial charge in [0, 0.05) is 50.7 Å². The predicted molar refractivity (Wildman–Crippen MR) is 122 cm³/mol. The molecule has 0 aliphatic carbocycles. The number of rotatable bonds is 11. The molecule has 1 aliphatic heterocycles. The summed E-state index contributed by atoms with van der Waals surface area (Å²) >= 11 is 0. The van der Waals surface area contributed by atoms with Crippen LogP contribution in [0.5, 0.6) is 0 Å². The molecule has 0 unspecified atom stereocenters. The van der Waals surface area contributed by atoms with Gasteiger partial charge in [0.2, 0.25) is 11.8 Å². The van der Waals surface area contributed by atoms with Crippen LogP contribution in [0.3, 0.4) is 0 Å². The van der Waals surface area contributed by atoms with Crippen LogP contribution in [-0.2, 0) is 19.1 Å². The summed E-state index contributed by atoms with van der Waals surface area (Å²) in [5, 5.41) is 2.79. The minimum Gasteiger partial charge on any atom is -0.465 e. The van der Waals surface area contributed by atoms with Gasteiger partial charge >= 0.3 is 5.97 Å². The molecular weight excluding hydrogens is 394 g/mol. The van der Waals surface area contributed by atoms with E-state index in [1.807, 2.05) is 56.0 Å². The first kappa shape index (κ1) is 24.9. The Morgan fingerprint density at radius 1 is 1.13 bits per heavy atom. The molecule has 1 fully saturated rings. The van der Waals surface area contributed by atoms with Gasteiger partial charge in [0.15, 0.2) is 0 Å². The average Bonchev–Trinajstić information content (AvgIpc) is 2.78. The van der Waals surface area contributed by atoms with Crippen LogP contribution < -0.4 is 10.2 Å². The normalized spacial score (nSPS) is 15.0. The number of likely N-dealkylation sites (tertiary alicyclic amines) is 1. The number of hydrogen-bond donors (Lipinski definition) is 1. The Bertz CT molecular complexity index is 700. The number of anilines is 1. The summed E-state index contributed by atoms with van der Waals surface area (Å²) in [6.45, 7) is 8.99. The lowest BCUT2D eigenvalue weighted by Gasteiger charge is -2.38. The van der Waals surface area contributed by atoms with Gasteiger partial charge in [-0.1, -0.05) is 39.0 Å². The molecule has 31 heavy (non-hydrogen) atoms. The second kappa shape index (κ2) is 13.1. The molecule has 7 nitrogen and oxygen atoms in total. The minimum atomic E-state index is -0.277. The quantitative estimate of drug-likeness (QED) is 0.545. The van der Waals surface area contributed by atoms with E-state index in [1.54, 1.807) is 0 Å². The molecule has 1 aromatic carbocycles. The first-order chi connectivity index (χ1) is 14.9. The van der Waals surface area contributed by atoms with Crippen LogP contribution in [0.4, 0.5) is 5.69 Å². The zero-order valence-corrected chi connectivity index (χ0v) is 19.1. The third-order valence-corrected chi connectivity index (χ3v) is 5.41. The molecule has 1 aliphatic rings. The highest BCUT2D eigenvalue weighted by atomic mass is 16.5. The maximum absolute atomic E-state index is 12.6.